The van der Waals surface area contributed by atoms with E-state index in [0.29, 0.717) is 5.52 Å². The van der Waals surface area contributed by atoms with Gasteiger partial charge in [-0.15, -0.1) is 0 Å². The first-order valence-electron chi connectivity index (χ1n) is 7.90. The lowest BCUT2D eigenvalue weighted by Crippen LogP contribution is -2.16. The maximum absolute atomic E-state index is 11.4. The second-order valence-corrected chi connectivity index (χ2v) is 5.81. The zero-order chi connectivity index (χ0) is 19.3. The van der Waals surface area contributed by atoms with Crippen LogP contribution < -0.4 is 5.73 Å². The zero-order valence-corrected chi connectivity index (χ0v) is 15.0. The fourth-order valence-electron chi connectivity index (χ4n) is 1.92. The van der Waals surface area contributed by atoms with Gasteiger partial charge in [-0.05, 0) is 27.7 Å². The third kappa shape index (κ3) is 5.19. The molecule has 2 N–H and O–H groups in total. The number of nitrogen functional groups attached to an aromatic ring is 1. The van der Waals surface area contributed by atoms with Crippen LogP contribution in [0, 0.1) is 0 Å². The number of nitrogens with zero attached hydrogens (tertiary/aromatic N) is 4. The molecule has 0 saturated heterocycles. The molecule has 0 aliphatic heterocycles. The maximum atomic E-state index is 11.4. The lowest BCUT2D eigenvalue weighted by Gasteiger charge is -2.10. The van der Waals surface area contributed by atoms with Crippen molar-refractivity contribution in [2.24, 2.45) is 0 Å². The molecule has 2 aromatic rings. The predicted octanol–water partition coefficient (Wildman–Crippen LogP) is 1.99. The molecule has 0 fully saturated rings. The molecule has 0 aliphatic rings. The summed E-state index contributed by atoms with van der Waals surface area (Å²) < 4.78 is 21.1. The molecule has 26 heavy (non-hydrogen) atoms. The van der Waals surface area contributed by atoms with Gasteiger partial charge in [-0.3, -0.25) is 4.57 Å². The van der Waals surface area contributed by atoms with E-state index >= 15 is 0 Å². The topological polar surface area (TPSA) is 141 Å². The molecule has 2 heterocycles. The van der Waals surface area contributed by atoms with Crippen molar-refractivity contribution in [1.29, 1.82) is 0 Å². The summed E-state index contributed by atoms with van der Waals surface area (Å²) in [5.74, 6) is 0.269. The third-order valence-corrected chi connectivity index (χ3v) is 2.85. The normalized spacial score (nSPS) is 11.0. The first kappa shape index (κ1) is 19.2. The van der Waals surface area contributed by atoms with Crippen LogP contribution in [0.2, 0.25) is 0 Å². The van der Waals surface area contributed by atoms with Gasteiger partial charge >= 0.3 is 12.3 Å². The molecule has 11 nitrogen and oxygen atoms in total. The van der Waals surface area contributed by atoms with Crippen LogP contribution in [-0.2, 0) is 32.3 Å². The van der Waals surface area contributed by atoms with Gasteiger partial charge in [0.1, 0.15) is 11.8 Å². The summed E-state index contributed by atoms with van der Waals surface area (Å²) >= 11 is 0. The fourth-order valence-corrected chi connectivity index (χ4v) is 1.92. The Morgan fingerprint density at radius 1 is 1.08 bits per heavy atom. The van der Waals surface area contributed by atoms with Gasteiger partial charge in [0.25, 0.3) is 0 Å². The Morgan fingerprint density at radius 2 is 1.69 bits per heavy atom. The number of ether oxygens (including phenoxy) is 4. The second kappa shape index (κ2) is 8.32. The Labute approximate surface area is 149 Å². The van der Waals surface area contributed by atoms with E-state index in [-0.39, 0.29) is 42.8 Å². The van der Waals surface area contributed by atoms with Crippen molar-refractivity contribution >= 4 is 29.3 Å². The van der Waals surface area contributed by atoms with Crippen molar-refractivity contribution in [1.82, 2.24) is 19.5 Å². The number of hydrogen-bond acceptors (Lipinski definition) is 10. The van der Waals surface area contributed by atoms with Crippen molar-refractivity contribution in [2.75, 3.05) is 5.73 Å². The lowest BCUT2D eigenvalue weighted by atomic mass is 10.4. The number of nitrogens with two attached hydrogens (primary N) is 1. The number of carbonyl (C=O) groups is 2. The Kier molecular flexibility index (Phi) is 6.15. The first-order valence-corrected chi connectivity index (χ1v) is 7.90. The Balaban J connectivity index is 2.06. The third-order valence-electron chi connectivity index (χ3n) is 2.85. The van der Waals surface area contributed by atoms with E-state index in [1.165, 1.54) is 10.9 Å². The highest BCUT2D eigenvalue weighted by atomic mass is 16.7. The quantitative estimate of drug-likeness (QED) is 0.753. The number of aromatic nitrogens is 4. The number of carbonyl (C=O) groups excluding carboxylic acids is 2. The van der Waals surface area contributed by atoms with Gasteiger partial charge in [0.15, 0.2) is 30.6 Å². The van der Waals surface area contributed by atoms with Gasteiger partial charge in [-0.2, -0.15) is 0 Å². The molecule has 142 valence electrons. The number of imidazole rings is 1. The highest BCUT2D eigenvalue weighted by Gasteiger charge is 2.15. The van der Waals surface area contributed by atoms with Crippen molar-refractivity contribution in [3.05, 3.63) is 12.2 Å². The maximum Gasteiger partial charge on any atom is 0.510 e. The highest BCUT2D eigenvalue weighted by molar-refractivity contribution is 5.81. The number of anilines is 1. The van der Waals surface area contributed by atoms with Crippen LogP contribution >= 0.6 is 0 Å². The summed E-state index contributed by atoms with van der Waals surface area (Å²) in [5, 5.41) is 0. The minimum atomic E-state index is -0.829. The molecule has 0 amide bonds. The molecule has 0 unspecified atom stereocenters. The van der Waals surface area contributed by atoms with E-state index in [1.54, 1.807) is 27.7 Å². The Morgan fingerprint density at radius 3 is 2.31 bits per heavy atom. The summed E-state index contributed by atoms with van der Waals surface area (Å²) in [6.07, 6.45) is -0.829. The minimum absolute atomic E-state index is 0.101. The van der Waals surface area contributed by atoms with Crippen LogP contribution in [0.25, 0.3) is 11.2 Å². The molecule has 2 rings (SSSR count). The van der Waals surface area contributed by atoms with Gasteiger partial charge in [0, 0.05) is 0 Å². The smallest absolute Gasteiger partial charge is 0.432 e. The fraction of sp³-hybridized carbons (Fsp3) is 0.533. The standard InChI is InChI=1S/C15H21N5O6/c1-8(2)25-14(21)23-5-10-18-12(16)11-13(19-10)17-6-20(11)7-24-15(22)26-9(3)4/h6,8-9H,5,7H2,1-4H3,(H2,16,18,19). The van der Waals surface area contributed by atoms with E-state index in [2.05, 4.69) is 15.0 Å². The summed E-state index contributed by atoms with van der Waals surface area (Å²) in [6.45, 7) is 6.45. The van der Waals surface area contributed by atoms with Crippen molar-refractivity contribution in [3.63, 3.8) is 0 Å². The summed E-state index contributed by atoms with van der Waals surface area (Å²) in [7, 11) is 0. The molecular weight excluding hydrogens is 346 g/mol. The van der Waals surface area contributed by atoms with E-state index in [9.17, 15) is 9.59 Å². The number of hydrogen-bond donors (Lipinski definition) is 1. The van der Waals surface area contributed by atoms with E-state index in [4.69, 9.17) is 24.7 Å². The molecule has 0 aromatic carbocycles. The Bertz CT molecular complexity index is 788. The van der Waals surface area contributed by atoms with Gasteiger partial charge in [0.05, 0.1) is 12.2 Å². The predicted molar refractivity (Wildman–Crippen MR) is 88.8 cm³/mol. The molecule has 0 atom stereocenters. The van der Waals surface area contributed by atoms with Crippen LogP contribution in [0.4, 0.5) is 15.4 Å². The van der Waals surface area contributed by atoms with Gasteiger partial charge in [-0.1, -0.05) is 0 Å². The second-order valence-electron chi connectivity index (χ2n) is 5.81. The molecule has 0 radical (unpaired) electrons. The highest BCUT2D eigenvalue weighted by Crippen LogP contribution is 2.17. The minimum Gasteiger partial charge on any atom is -0.432 e. The first-order chi connectivity index (χ1) is 12.3. The van der Waals surface area contributed by atoms with Gasteiger partial charge < -0.3 is 24.7 Å². The molecule has 0 saturated carbocycles. The molecule has 2 aromatic heterocycles. The van der Waals surface area contributed by atoms with Crippen LogP contribution in [0.5, 0.6) is 0 Å². The molecule has 0 bridgehead atoms. The SMILES string of the molecule is CC(C)OC(=O)OCc1nc(N)c2c(ncn2COC(=O)OC(C)C)n1. The van der Waals surface area contributed by atoms with E-state index in [0.717, 1.165) is 0 Å². The largest absolute Gasteiger partial charge is 0.510 e. The summed E-state index contributed by atoms with van der Waals surface area (Å²) in [5.41, 5.74) is 6.58. The van der Waals surface area contributed by atoms with E-state index in [1.807, 2.05) is 0 Å². The van der Waals surface area contributed by atoms with Crippen LogP contribution in [-0.4, -0.2) is 44.0 Å². The molecular formula is C15H21N5O6. The summed E-state index contributed by atoms with van der Waals surface area (Å²) in [4.78, 5) is 35.1. The van der Waals surface area contributed by atoms with Crippen LogP contribution in [0.3, 0.4) is 0 Å². The molecule has 0 aliphatic carbocycles. The van der Waals surface area contributed by atoms with E-state index < -0.39 is 12.3 Å². The van der Waals surface area contributed by atoms with Gasteiger partial charge in [0.2, 0.25) is 0 Å². The van der Waals surface area contributed by atoms with Gasteiger partial charge in [-0.25, -0.2) is 24.5 Å². The average molecular weight is 367 g/mol. The zero-order valence-electron chi connectivity index (χ0n) is 15.0. The monoisotopic (exact) mass is 367 g/mol. The van der Waals surface area contributed by atoms with Crippen molar-refractivity contribution < 1.29 is 28.5 Å². The molecule has 11 heteroatoms. The molecule has 0 spiro atoms. The van der Waals surface area contributed by atoms with Crippen LogP contribution in [0.1, 0.15) is 33.5 Å². The number of fused-ring (bicyclic) bond motifs is 1. The number of rotatable bonds is 6. The average Bonchev–Trinajstić information content (AvgIpc) is 2.93. The summed E-state index contributed by atoms with van der Waals surface area (Å²) in [6, 6.07) is 0. The van der Waals surface area contributed by atoms with Crippen molar-refractivity contribution in [3.8, 4) is 0 Å². The van der Waals surface area contributed by atoms with Crippen LogP contribution in [0.15, 0.2) is 6.33 Å². The lowest BCUT2D eigenvalue weighted by molar-refractivity contribution is 0.0168. The van der Waals surface area contributed by atoms with Crippen molar-refractivity contribution in [2.45, 2.75) is 53.2 Å². The Hall–Kier alpha value is -3.11.